The van der Waals surface area contributed by atoms with Crippen molar-refractivity contribution in [1.82, 2.24) is 15.3 Å². The Morgan fingerprint density at radius 2 is 2.12 bits per heavy atom. The van der Waals surface area contributed by atoms with E-state index in [2.05, 4.69) is 20.6 Å². The molecule has 0 atom stereocenters. The molecule has 1 aromatic carbocycles. The second-order valence-electron chi connectivity index (χ2n) is 4.68. The van der Waals surface area contributed by atoms with Crippen LogP contribution >= 0.6 is 23.2 Å². The zero-order valence-corrected chi connectivity index (χ0v) is 13.8. The zero-order chi connectivity index (χ0) is 17.5. The molecule has 6 nitrogen and oxygen atoms in total. The van der Waals surface area contributed by atoms with E-state index in [0.29, 0.717) is 30.4 Å². The first-order valence-electron chi connectivity index (χ1n) is 6.91. The summed E-state index contributed by atoms with van der Waals surface area (Å²) in [5.41, 5.74) is 0.0567. The minimum atomic E-state index is -0.730. The van der Waals surface area contributed by atoms with Crippen molar-refractivity contribution < 1.29 is 9.18 Å². The summed E-state index contributed by atoms with van der Waals surface area (Å²) < 4.78 is 13.7. The smallest absolute Gasteiger partial charge is 0.254 e. The summed E-state index contributed by atoms with van der Waals surface area (Å²) in [6.45, 7) is 0.797. The van der Waals surface area contributed by atoms with Gasteiger partial charge in [0.15, 0.2) is 0 Å². The molecule has 1 aromatic heterocycles. The molecular weight excluding hydrogens is 356 g/mol. The van der Waals surface area contributed by atoms with Crippen molar-refractivity contribution in [2.45, 2.75) is 6.42 Å². The van der Waals surface area contributed by atoms with Crippen LogP contribution in [0.1, 0.15) is 22.3 Å². The third kappa shape index (κ3) is 4.78. The molecule has 0 fully saturated rings. The van der Waals surface area contributed by atoms with Gasteiger partial charge in [0.25, 0.3) is 5.91 Å². The number of halogens is 3. The van der Waals surface area contributed by atoms with E-state index in [1.165, 1.54) is 18.3 Å². The van der Waals surface area contributed by atoms with Crippen LogP contribution < -0.4 is 10.6 Å². The van der Waals surface area contributed by atoms with Gasteiger partial charge in [-0.1, -0.05) is 11.6 Å². The first-order valence-corrected chi connectivity index (χ1v) is 7.66. The van der Waals surface area contributed by atoms with E-state index in [1.807, 2.05) is 6.07 Å². The number of rotatable bonds is 6. The highest BCUT2D eigenvalue weighted by Gasteiger charge is 2.11. The number of nitriles is 1. The number of benzene rings is 1. The first kappa shape index (κ1) is 17.9. The van der Waals surface area contributed by atoms with Crippen LogP contribution in [0.2, 0.25) is 10.3 Å². The summed E-state index contributed by atoms with van der Waals surface area (Å²) in [5, 5.41) is 14.6. The van der Waals surface area contributed by atoms with E-state index in [4.69, 9.17) is 28.5 Å². The molecule has 2 rings (SSSR count). The van der Waals surface area contributed by atoms with Crippen LogP contribution in [0.5, 0.6) is 0 Å². The average Bonchev–Trinajstić information content (AvgIpc) is 2.57. The molecule has 1 heterocycles. The summed E-state index contributed by atoms with van der Waals surface area (Å²) in [4.78, 5) is 19.5. The number of carbonyl (C=O) groups is 1. The summed E-state index contributed by atoms with van der Waals surface area (Å²) in [6, 6.07) is 5.50. The largest absolute Gasteiger partial charge is 0.369 e. The third-order valence-corrected chi connectivity index (χ3v) is 3.45. The number of aromatic nitrogens is 2. The van der Waals surface area contributed by atoms with E-state index in [1.54, 1.807) is 0 Å². The molecule has 124 valence electrons. The second kappa shape index (κ2) is 8.43. The lowest BCUT2D eigenvalue weighted by Crippen LogP contribution is -2.26. The summed E-state index contributed by atoms with van der Waals surface area (Å²) >= 11 is 11.6. The molecule has 0 aliphatic heterocycles. The van der Waals surface area contributed by atoms with Gasteiger partial charge in [-0.25, -0.2) is 9.37 Å². The first-order chi connectivity index (χ1) is 11.5. The highest BCUT2D eigenvalue weighted by atomic mass is 35.5. The Morgan fingerprint density at radius 1 is 1.33 bits per heavy atom. The van der Waals surface area contributed by atoms with Crippen LogP contribution in [-0.4, -0.2) is 29.0 Å². The fourth-order valence-corrected chi connectivity index (χ4v) is 2.12. The summed E-state index contributed by atoms with van der Waals surface area (Å²) in [6.07, 6.45) is 1.94. The maximum atomic E-state index is 13.7. The van der Waals surface area contributed by atoms with Crippen molar-refractivity contribution >= 4 is 34.9 Å². The van der Waals surface area contributed by atoms with Gasteiger partial charge in [0.2, 0.25) is 5.28 Å². The van der Waals surface area contributed by atoms with Crippen molar-refractivity contribution in [3.05, 3.63) is 51.6 Å². The van der Waals surface area contributed by atoms with Gasteiger partial charge in [-0.15, -0.1) is 0 Å². The molecule has 0 radical (unpaired) electrons. The molecule has 1 amide bonds. The molecule has 0 saturated heterocycles. The predicted molar refractivity (Wildman–Crippen MR) is 88.6 cm³/mol. The molecular formula is C15H12Cl2FN5O. The van der Waals surface area contributed by atoms with Gasteiger partial charge in [0.1, 0.15) is 16.7 Å². The highest BCUT2D eigenvalue weighted by molar-refractivity contribution is 6.33. The van der Waals surface area contributed by atoms with Crippen LogP contribution in [0.3, 0.4) is 0 Å². The third-order valence-electron chi connectivity index (χ3n) is 2.99. The van der Waals surface area contributed by atoms with Gasteiger partial charge < -0.3 is 10.6 Å². The quantitative estimate of drug-likeness (QED) is 0.604. The highest BCUT2D eigenvalue weighted by Crippen LogP contribution is 2.19. The van der Waals surface area contributed by atoms with E-state index >= 15 is 0 Å². The topological polar surface area (TPSA) is 90.7 Å². The Bertz CT molecular complexity index is 794. The molecule has 0 aliphatic carbocycles. The van der Waals surface area contributed by atoms with Crippen LogP contribution in [-0.2, 0) is 0 Å². The second-order valence-corrected chi connectivity index (χ2v) is 5.42. The van der Waals surface area contributed by atoms with Crippen molar-refractivity contribution in [2.75, 3.05) is 18.4 Å². The van der Waals surface area contributed by atoms with Gasteiger partial charge in [0.05, 0.1) is 23.4 Å². The van der Waals surface area contributed by atoms with Crippen molar-refractivity contribution in [3.8, 4) is 6.07 Å². The van der Waals surface area contributed by atoms with Crippen molar-refractivity contribution in [1.29, 1.82) is 5.26 Å². The van der Waals surface area contributed by atoms with Crippen LogP contribution in [0.25, 0.3) is 0 Å². The molecule has 0 aliphatic rings. The molecule has 0 bridgehead atoms. The number of nitrogens with zero attached hydrogens (tertiary/aromatic N) is 3. The van der Waals surface area contributed by atoms with E-state index in [-0.39, 0.29) is 16.4 Å². The van der Waals surface area contributed by atoms with Gasteiger partial charge in [0, 0.05) is 13.1 Å². The minimum absolute atomic E-state index is 0.0755. The van der Waals surface area contributed by atoms with Crippen molar-refractivity contribution in [2.24, 2.45) is 0 Å². The lowest BCUT2D eigenvalue weighted by Gasteiger charge is -2.08. The molecule has 2 aromatic rings. The Morgan fingerprint density at radius 3 is 2.83 bits per heavy atom. The van der Waals surface area contributed by atoms with Crippen LogP contribution in [0.15, 0.2) is 24.4 Å². The number of nitrogens with one attached hydrogen (secondary N) is 2. The summed E-state index contributed by atoms with van der Waals surface area (Å²) in [5.74, 6) is -0.867. The van der Waals surface area contributed by atoms with Gasteiger partial charge in [-0.05, 0) is 36.2 Å². The number of hydrogen-bond donors (Lipinski definition) is 2. The fourth-order valence-electron chi connectivity index (χ4n) is 1.83. The molecule has 9 heteroatoms. The Balaban J connectivity index is 1.79. The number of carbonyl (C=O) groups excluding carboxylic acids is 1. The van der Waals surface area contributed by atoms with Gasteiger partial charge in [-0.2, -0.15) is 10.2 Å². The molecule has 0 saturated carbocycles. The predicted octanol–water partition coefficient (Wildman–Crippen LogP) is 3.03. The summed E-state index contributed by atoms with van der Waals surface area (Å²) in [7, 11) is 0. The Kier molecular flexibility index (Phi) is 6.29. The van der Waals surface area contributed by atoms with Gasteiger partial charge in [-0.3, -0.25) is 4.79 Å². The number of anilines is 1. The Hall–Kier alpha value is -2.43. The Labute approximate surface area is 147 Å². The molecule has 0 unspecified atom stereocenters. The number of hydrogen-bond acceptors (Lipinski definition) is 5. The lowest BCUT2D eigenvalue weighted by molar-refractivity contribution is 0.0949. The van der Waals surface area contributed by atoms with Crippen molar-refractivity contribution in [3.63, 3.8) is 0 Å². The van der Waals surface area contributed by atoms with Gasteiger partial charge >= 0.3 is 0 Å². The van der Waals surface area contributed by atoms with E-state index < -0.39 is 11.7 Å². The average molecular weight is 368 g/mol. The van der Waals surface area contributed by atoms with Crippen LogP contribution in [0.4, 0.5) is 10.2 Å². The fraction of sp³-hybridized carbons (Fsp3) is 0.200. The standard InChI is InChI=1S/C15H12Cl2FN5O/c16-11-8-22-15(17)23-13(11)20-4-1-5-21-14(24)10-3-2-9(7-19)6-12(10)18/h2-3,6,8H,1,4-5H2,(H,21,24)(H,20,22,23). The normalized spacial score (nSPS) is 10.1. The minimum Gasteiger partial charge on any atom is -0.369 e. The molecule has 24 heavy (non-hydrogen) atoms. The zero-order valence-electron chi connectivity index (χ0n) is 12.3. The van der Waals surface area contributed by atoms with Crippen LogP contribution in [0, 0.1) is 17.1 Å². The monoisotopic (exact) mass is 367 g/mol. The SMILES string of the molecule is N#Cc1ccc(C(=O)NCCCNc2nc(Cl)ncc2Cl)c(F)c1. The number of amides is 1. The lowest BCUT2D eigenvalue weighted by atomic mass is 10.1. The maximum absolute atomic E-state index is 13.7. The molecule has 2 N–H and O–H groups in total. The maximum Gasteiger partial charge on any atom is 0.254 e. The van der Waals surface area contributed by atoms with E-state index in [9.17, 15) is 9.18 Å². The van der Waals surface area contributed by atoms with E-state index in [0.717, 1.165) is 6.07 Å². The molecule has 0 spiro atoms.